The zero-order valence-electron chi connectivity index (χ0n) is 74.2. The molecule has 5 aromatic rings. The molecule has 33 heteroatoms. The van der Waals surface area contributed by atoms with Crippen molar-refractivity contribution in [2.45, 2.75) is 212 Å². The molecule has 8 N–H and O–H groups in total. The van der Waals surface area contributed by atoms with Crippen molar-refractivity contribution in [1.29, 1.82) is 0 Å². The van der Waals surface area contributed by atoms with E-state index in [1.807, 2.05) is 79.1 Å². The van der Waals surface area contributed by atoms with Gasteiger partial charge in [-0.2, -0.15) is 5.10 Å². The molecule has 2 bridgehead atoms. The number of piperidine rings is 1. The second-order valence-electron chi connectivity index (χ2n) is 33.8. The fourth-order valence-corrected chi connectivity index (χ4v) is 17.0. The topological polar surface area (TPSA) is 420 Å². The number of nitrogens with one attached hydrogen (secondary N) is 2. The number of hydrogen-bond donors (Lipinski definition) is 7. The summed E-state index contributed by atoms with van der Waals surface area (Å²) in [6.07, 6.45) is 13.7. The van der Waals surface area contributed by atoms with Crippen molar-refractivity contribution in [2.24, 2.45) is 35.5 Å². The zero-order valence-corrected chi connectivity index (χ0v) is 74.2. The number of carbonyl (C=O) groups excluding carboxylic acids is 6. The number of aliphatic hydroxyl groups excluding tert-OH is 3. The van der Waals surface area contributed by atoms with Crippen molar-refractivity contribution >= 4 is 63.3 Å². The van der Waals surface area contributed by atoms with Crippen LogP contribution >= 0.6 is 0 Å². The van der Waals surface area contributed by atoms with Crippen LogP contribution in [0.3, 0.4) is 0 Å². The molecule has 4 aromatic heterocycles. The third-order valence-corrected chi connectivity index (χ3v) is 24.4. The van der Waals surface area contributed by atoms with Crippen molar-refractivity contribution in [2.75, 3.05) is 145 Å². The quantitative estimate of drug-likeness (QED) is 0.00855. The summed E-state index contributed by atoms with van der Waals surface area (Å²) in [5.41, 5.74) is 13.8. The highest BCUT2D eigenvalue weighted by atomic mass is 16.6. The van der Waals surface area contributed by atoms with Crippen LogP contribution in [-0.4, -0.2) is 296 Å². The molecule has 8 heterocycles. The van der Waals surface area contributed by atoms with Crippen LogP contribution in [0, 0.1) is 35.5 Å². The third kappa shape index (κ3) is 29.1. The normalized spacial score (nSPS) is 27.1. The summed E-state index contributed by atoms with van der Waals surface area (Å²) >= 11 is 0. The number of pyridine rings is 1. The summed E-state index contributed by atoms with van der Waals surface area (Å²) in [7, 11) is 3.12. The van der Waals surface area contributed by atoms with Gasteiger partial charge in [0.2, 0.25) is 11.7 Å². The summed E-state index contributed by atoms with van der Waals surface area (Å²) in [4.78, 5) is 103. The van der Waals surface area contributed by atoms with Gasteiger partial charge in [-0.05, 0) is 142 Å². The Labute approximate surface area is 733 Å². The van der Waals surface area contributed by atoms with Gasteiger partial charge in [0, 0.05) is 94.3 Å². The first-order valence-electron chi connectivity index (χ1n) is 44.5. The zero-order chi connectivity index (χ0) is 89.4. The van der Waals surface area contributed by atoms with Gasteiger partial charge in [0.15, 0.2) is 11.4 Å². The summed E-state index contributed by atoms with van der Waals surface area (Å²) < 4.78 is 77.2. The molecule has 1 aromatic carbocycles. The van der Waals surface area contributed by atoms with Gasteiger partial charge in [-0.15, -0.1) is 0 Å². The van der Waals surface area contributed by atoms with Crippen LogP contribution in [0.4, 0.5) is 10.6 Å². The first-order chi connectivity index (χ1) is 60.3. The molecule has 125 heavy (non-hydrogen) atoms. The van der Waals surface area contributed by atoms with Crippen LogP contribution in [0.25, 0.3) is 33.3 Å². The molecule has 3 amide bonds. The number of H-pyrrole nitrogens is 1. The van der Waals surface area contributed by atoms with Crippen molar-refractivity contribution in [3.63, 3.8) is 0 Å². The Balaban J connectivity index is 0.549. The Morgan fingerprint density at radius 3 is 2.07 bits per heavy atom. The molecule has 16 atom stereocenters. The van der Waals surface area contributed by atoms with Crippen molar-refractivity contribution in [1.82, 2.24) is 44.8 Å². The second kappa shape index (κ2) is 50.4. The molecule has 5 aliphatic rings. The van der Waals surface area contributed by atoms with Gasteiger partial charge in [0.05, 0.1) is 148 Å². The van der Waals surface area contributed by atoms with E-state index >= 15 is 0 Å². The maximum absolute atomic E-state index is 14.7. The average Bonchev–Trinajstić information content (AvgIpc) is 1.71. The molecule has 3 fully saturated rings. The van der Waals surface area contributed by atoms with Gasteiger partial charge in [-0.25, -0.2) is 29.2 Å². The molecule has 0 unspecified atom stereocenters. The third-order valence-electron chi connectivity index (χ3n) is 24.4. The summed E-state index contributed by atoms with van der Waals surface area (Å²) in [5.74, 6) is -8.09. The number of aromatic nitrogens is 6. The van der Waals surface area contributed by atoms with Gasteiger partial charge in [0.25, 0.3) is 11.7 Å². The fraction of sp³-hybridized carbons (Fsp3) is 0.652. The van der Waals surface area contributed by atoms with E-state index in [1.165, 1.54) is 16.8 Å². The highest BCUT2D eigenvalue weighted by Crippen LogP contribution is 2.40. The number of benzene rings is 1. The average molecular weight is 1750 g/mol. The number of esters is 1. The maximum atomic E-state index is 14.7. The van der Waals surface area contributed by atoms with Gasteiger partial charge < -0.3 is 108 Å². The van der Waals surface area contributed by atoms with E-state index in [2.05, 4.69) is 43.5 Å². The molecule has 1 aliphatic carbocycles. The Morgan fingerprint density at radius 2 is 1.39 bits per heavy atom. The van der Waals surface area contributed by atoms with Crippen LogP contribution < -0.4 is 11.1 Å². The highest BCUT2D eigenvalue weighted by Gasteiger charge is 2.53. The number of Topliss-reactive ketones (excluding diaryl/α,β-unsaturated/α-hetero) is 2. The van der Waals surface area contributed by atoms with E-state index < -0.39 is 114 Å². The van der Waals surface area contributed by atoms with Crippen molar-refractivity contribution in [3.05, 3.63) is 113 Å². The Bertz CT molecular complexity index is 4380. The van der Waals surface area contributed by atoms with E-state index in [4.69, 9.17) is 72.4 Å². The number of nitrogens with zero attached hydrogens (tertiary/aromatic N) is 7. The predicted octanol–water partition coefficient (Wildman–Crippen LogP) is 8.47. The summed E-state index contributed by atoms with van der Waals surface area (Å²) in [6, 6.07) is 9.14. The van der Waals surface area contributed by atoms with Gasteiger partial charge in [0.1, 0.15) is 53.9 Å². The number of amides is 3. The number of fused-ring (bicyclic) bond motifs is 6. The number of rotatable bonds is 36. The molecule has 1 saturated carbocycles. The second-order valence-corrected chi connectivity index (χ2v) is 33.8. The number of methoxy groups -OCH3 is 2. The number of nitrogen functional groups attached to an aromatic ring is 1. The van der Waals surface area contributed by atoms with E-state index in [9.17, 15) is 49.2 Å². The number of carbonyl (C=O) groups is 6. The molecule has 33 nitrogen and oxygen atoms in total. The Morgan fingerprint density at radius 1 is 0.712 bits per heavy atom. The minimum atomic E-state index is -2.48. The number of aliphatic hydroxyl groups is 4. The number of nitrogens with two attached hydrogens (primary N) is 1. The number of alkyl carbamates (subject to hydrolysis) is 1. The standard InChI is InChI=1S/C92H134N10O23/c1-59-15-11-10-12-16-60(2)76(113-8)53-72-22-18-65(7)92(112,125-72)85(108)89(109)101-29-14-13-17-73(101)90(110)123-77(54-74(103)61(3)48-64(6)83(106)84(107)82(105)63(5)47-59)62(4)49-66-20-23-75(78(51-66)114-9)124-91(111)95-28-32-116-34-36-118-38-40-120-42-44-122-46-45-121-43-41-119-39-37-117-35-33-115-31-26-79(104)100-30-25-68-50-67(19-21-70(68)57-100)56-102-88-80(86(93)97-58-98-88)81(99-102)71-52-69-24-27-94-87(69)96-55-71/h10-12,15-16,19,21,24,27,48,50,52,55,58-59,61-63,65-66,72-78,83-84,103,106-107,112H,13-14,17-18,20,22-23,25-26,28-47,49,51,53-54,56-57H2,1-9H3,(H,94,96)(H,95,111)(H2,93,97,98)/b12-10?,15-11+,60-16?,64-48+/t59-,61-,62-,63-,65-,66+,72+,73+,74-,75-,76+,77+,78-,83-,84+,92-/m1/s1. The number of ketones is 2. The molecule has 690 valence electrons. The van der Waals surface area contributed by atoms with Crippen LogP contribution in [0.1, 0.15) is 149 Å². The van der Waals surface area contributed by atoms with Gasteiger partial charge in [-0.1, -0.05) is 89.3 Å². The van der Waals surface area contributed by atoms with E-state index in [1.54, 1.807) is 54.2 Å². The van der Waals surface area contributed by atoms with Crippen LogP contribution in [0.5, 0.6) is 0 Å². The number of hydrogen-bond acceptors (Lipinski definition) is 28. The molecular formula is C92H134N10O23. The number of cyclic esters (lactones) is 1. The minimum absolute atomic E-state index is 0.00737. The van der Waals surface area contributed by atoms with Gasteiger partial charge >= 0.3 is 12.1 Å². The molecule has 2 saturated heterocycles. The highest BCUT2D eigenvalue weighted by molar-refractivity contribution is 6.39. The lowest BCUT2D eigenvalue weighted by molar-refractivity contribution is -0.265. The Hall–Kier alpha value is -8.36. The number of aromatic amines is 1. The fourth-order valence-electron chi connectivity index (χ4n) is 17.0. The number of ether oxygens (including phenoxy) is 13. The van der Waals surface area contributed by atoms with Crippen LogP contribution in [0.2, 0.25) is 0 Å². The largest absolute Gasteiger partial charge is 0.460 e. The SMILES string of the molecule is CO[C@H]1C[C@@H]2CC[C@@H](C)[C@@](O)(O2)C(=O)C(=O)N2CCCC[C@H]2C(=O)O[C@H]([C@H](C)C[C@@H]2CC[C@@H](OC(=O)NCCOCCOCCOCCOCCOCCOCCOCCOCCC(=O)N3CCc4cc(Cn5nc(-c6cnc7[nH]ccc7c6)c6c(N)ncnc65)ccc4C3)[C@H](OC)C2)C[C@@H](O)[C@H](C)/C=C(\C)[C@@H](O)[C@@H](O)C(=O)[C@H](C)C[C@H](C)/C=C/C=CC=C1C. The summed E-state index contributed by atoms with van der Waals surface area (Å²) in [5, 5.41) is 56.0. The maximum Gasteiger partial charge on any atom is 0.407 e. The van der Waals surface area contributed by atoms with Crippen LogP contribution in [0.15, 0.2) is 96.7 Å². The van der Waals surface area contributed by atoms with Gasteiger partial charge in [-0.3, -0.25) is 19.2 Å². The number of anilines is 1. The first kappa shape index (κ1) is 98.8. The molecular weight excluding hydrogens is 1610 g/mol. The molecule has 0 spiro atoms. The van der Waals surface area contributed by atoms with Crippen LogP contribution in [-0.2, 0) is 105 Å². The van der Waals surface area contributed by atoms with Crippen molar-refractivity contribution in [3.8, 4) is 11.3 Å². The van der Waals surface area contributed by atoms with E-state index in [-0.39, 0.29) is 68.7 Å². The first-order valence-corrected chi connectivity index (χ1v) is 44.5. The minimum Gasteiger partial charge on any atom is -0.460 e. The predicted molar refractivity (Wildman–Crippen MR) is 464 cm³/mol. The lowest BCUT2D eigenvalue weighted by Crippen LogP contribution is -2.61. The Kier molecular flexibility index (Phi) is 39.8. The van der Waals surface area contributed by atoms with Crippen molar-refractivity contribution < 1.29 is 111 Å². The van der Waals surface area contributed by atoms with E-state index in [0.717, 1.165) is 39.7 Å². The molecule has 0 radical (unpaired) electrons. The lowest BCUT2D eigenvalue weighted by Gasteiger charge is -2.43. The summed E-state index contributed by atoms with van der Waals surface area (Å²) in [6.45, 7) is 20.2. The smallest absolute Gasteiger partial charge is 0.407 e. The molecule has 4 aliphatic heterocycles. The van der Waals surface area contributed by atoms with E-state index in [0.29, 0.717) is 199 Å². The number of allylic oxidation sites excluding steroid dienone is 5. The monoisotopic (exact) mass is 1750 g/mol. The molecule has 10 rings (SSSR count). The lowest BCUT2D eigenvalue weighted by atomic mass is 9.78.